The van der Waals surface area contributed by atoms with E-state index < -0.39 is 11.7 Å². The zero-order valence-corrected chi connectivity index (χ0v) is 10.3. The van der Waals surface area contributed by atoms with Crippen molar-refractivity contribution < 1.29 is 18.0 Å². The molecule has 0 amide bonds. The number of carbonyl (C=O) groups excluding carboxylic acids is 1. The van der Waals surface area contributed by atoms with Gasteiger partial charge >= 0.3 is 6.18 Å². The first-order valence-electron chi connectivity index (χ1n) is 5.25. The number of hydrogen-bond donors (Lipinski definition) is 0. The molecule has 0 aliphatic heterocycles. The van der Waals surface area contributed by atoms with Crippen LogP contribution in [0.4, 0.5) is 13.2 Å². The topological polar surface area (TPSA) is 30.0 Å². The third kappa shape index (κ3) is 3.51. The second-order valence-corrected chi connectivity index (χ2v) is 4.77. The van der Waals surface area contributed by atoms with Crippen LogP contribution >= 0.6 is 11.3 Å². The molecule has 0 aliphatic rings. The highest BCUT2D eigenvalue weighted by atomic mass is 32.1. The molecule has 6 heteroatoms. The van der Waals surface area contributed by atoms with Crippen molar-refractivity contribution in [2.45, 2.75) is 6.18 Å². The van der Waals surface area contributed by atoms with Crippen molar-refractivity contribution in [3.05, 3.63) is 51.5 Å². The van der Waals surface area contributed by atoms with E-state index in [1.54, 1.807) is 12.1 Å². The van der Waals surface area contributed by atoms with Gasteiger partial charge in [0.05, 0.1) is 10.4 Å². The highest BCUT2D eigenvalue weighted by Gasteiger charge is 2.30. The number of aldehydes is 1. The van der Waals surface area contributed by atoms with Gasteiger partial charge in [0.25, 0.3) is 0 Å². The normalized spacial score (nSPS) is 11.9. The first-order valence-corrected chi connectivity index (χ1v) is 6.07. The maximum absolute atomic E-state index is 12.5. The fraction of sp³-hybridized carbons (Fsp3) is 0.0769. The molecule has 0 fully saturated rings. The summed E-state index contributed by atoms with van der Waals surface area (Å²) in [6.45, 7) is 0. The van der Waals surface area contributed by atoms with Crippen LogP contribution in [0, 0.1) is 0 Å². The Hall–Kier alpha value is -1.95. The van der Waals surface area contributed by atoms with Gasteiger partial charge in [0.15, 0.2) is 6.29 Å². The Morgan fingerprint density at radius 2 is 2.00 bits per heavy atom. The van der Waals surface area contributed by atoms with Crippen molar-refractivity contribution in [3.63, 3.8) is 0 Å². The van der Waals surface area contributed by atoms with Crippen LogP contribution in [0.25, 0.3) is 12.2 Å². The maximum Gasteiger partial charge on any atom is 0.416 e. The van der Waals surface area contributed by atoms with Crippen molar-refractivity contribution in [3.8, 4) is 0 Å². The van der Waals surface area contributed by atoms with Crippen LogP contribution in [0.15, 0.2) is 30.5 Å². The summed E-state index contributed by atoms with van der Waals surface area (Å²) in [5.74, 6) is 0. The van der Waals surface area contributed by atoms with Gasteiger partial charge in [0.1, 0.15) is 5.01 Å². The van der Waals surface area contributed by atoms with Crippen molar-refractivity contribution >= 4 is 29.8 Å². The SMILES string of the molecule is O=Cc1cnc(C=Cc2cccc(C(F)(F)F)c2)s1. The molecule has 19 heavy (non-hydrogen) atoms. The van der Waals surface area contributed by atoms with Crippen LogP contribution in [-0.4, -0.2) is 11.3 Å². The molecule has 0 radical (unpaired) electrons. The number of alkyl halides is 3. The van der Waals surface area contributed by atoms with Crippen LogP contribution < -0.4 is 0 Å². The lowest BCUT2D eigenvalue weighted by Gasteiger charge is -2.06. The van der Waals surface area contributed by atoms with Crippen LogP contribution in [0.3, 0.4) is 0 Å². The summed E-state index contributed by atoms with van der Waals surface area (Å²) in [7, 11) is 0. The van der Waals surface area contributed by atoms with Crippen LogP contribution in [0.1, 0.15) is 25.8 Å². The molecule has 0 atom stereocenters. The zero-order chi connectivity index (χ0) is 13.9. The molecule has 0 unspecified atom stereocenters. The number of thiazole rings is 1. The summed E-state index contributed by atoms with van der Waals surface area (Å²) in [6, 6.07) is 5.00. The van der Waals surface area contributed by atoms with Gasteiger partial charge in [-0.1, -0.05) is 18.2 Å². The predicted molar refractivity (Wildman–Crippen MR) is 67.9 cm³/mol. The fourth-order valence-electron chi connectivity index (χ4n) is 1.42. The predicted octanol–water partition coefficient (Wildman–Crippen LogP) is 4.14. The molecular formula is C13H8F3NOS. The van der Waals surface area contributed by atoms with Crippen LogP contribution in [0.2, 0.25) is 0 Å². The standard InChI is InChI=1S/C13H8F3NOS/c14-13(15,16)10-3-1-2-9(6-10)4-5-12-17-7-11(8-18)19-12/h1-8H. The maximum atomic E-state index is 12.5. The minimum Gasteiger partial charge on any atom is -0.297 e. The highest BCUT2D eigenvalue weighted by molar-refractivity contribution is 7.14. The lowest BCUT2D eigenvalue weighted by Crippen LogP contribution is -2.04. The molecule has 1 aromatic heterocycles. The summed E-state index contributed by atoms with van der Waals surface area (Å²) in [5, 5.41) is 0.569. The number of carbonyl (C=O) groups is 1. The zero-order valence-electron chi connectivity index (χ0n) is 9.52. The number of benzene rings is 1. The Bertz CT molecular complexity index is 616. The number of hydrogen-bond acceptors (Lipinski definition) is 3. The molecule has 1 heterocycles. The third-order valence-electron chi connectivity index (χ3n) is 2.29. The second-order valence-electron chi connectivity index (χ2n) is 3.68. The highest BCUT2D eigenvalue weighted by Crippen LogP contribution is 2.29. The Morgan fingerprint density at radius 3 is 2.63 bits per heavy atom. The van der Waals surface area contributed by atoms with Gasteiger partial charge in [0.2, 0.25) is 0 Å². The van der Waals surface area contributed by atoms with Gasteiger partial charge in [-0.15, -0.1) is 11.3 Å². The molecule has 2 nitrogen and oxygen atoms in total. The van der Waals surface area contributed by atoms with Crippen molar-refractivity contribution in [2.75, 3.05) is 0 Å². The van der Waals surface area contributed by atoms with E-state index in [0.29, 0.717) is 21.7 Å². The summed E-state index contributed by atoms with van der Waals surface area (Å²) in [6.07, 6.45) is 0.855. The van der Waals surface area contributed by atoms with Crippen LogP contribution in [0.5, 0.6) is 0 Å². The van der Waals surface area contributed by atoms with Gasteiger partial charge in [-0.2, -0.15) is 13.2 Å². The molecule has 0 saturated carbocycles. The minimum absolute atomic E-state index is 0.428. The molecule has 0 spiro atoms. The van der Waals surface area contributed by atoms with E-state index in [-0.39, 0.29) is 0 Å². The van der Waals surface area contributed by atoms with Crippen molar-refractivity contribution in [1.29, 1.82) is 0 Å². The van der Waals surface area contributed by atoms with E-state index in [1.165, 1.54) is 29.7 Å². The average Bonchev–Trinajstić information content (AvgIpc) is 2.84. The molecule has 2 rings (SSSR count). The fourth-order valence-corrected chi connectivity index (χ4v) is 2.05. The van der Waals surface area contributed by atoms with Crippen molar-refractivity contribution in [1.82, 2.24) is 4.98 Å². The summed E-state index contributed by atoms with van der Waals surface area (Å²) >= 11 is 1.17. The van der Waals surface area contributed by atoms with E-state index in [9.17, 15) is 18.0 Å². The number of aromatic nitrogens is 1. The van der Waals surface area contributed by atoms with E-state index >= 15 is 0 Å². The average molecular weight is 283 g/mol. The number of rotatable bonds is 3. The van der Waals surface area contributed by atoms with E-state index in [2.05, 4.69) is 4.98 Å². The summed E-state index contributed by atoms with van der Waals surface area (Å²) in [4.78, 5) is 14.9. The lowest BCUT2D eigenvalue weighted by atomic mass is 10.1. The smallest absolute Gasteiger partial charge is 0.297 e. The Morgan fingerprint density at radius 1 is 1.21 bits per heavy atom. The molecule has 0 bridgehead atoms. The molecule has 0 aliphatic carbocycles. The van der Waals surface area contributed by atoms with Gasteiger partial charge in [-0.3, -0.25) is 4.79 Å². The molecule has 98 valence electrons. The number of nitrogens with zero attached hydrogens (tertiary/aromatic N) is 1. The second kappa shape index (κ2) is 5.36. The monoisotopic (exact) mass is 283 g/mol. The molecule has 0 saturated heterocycles. The van der Waals surface area contributed by atoms with Gasteiger partial charge < -0.3 is 0 Å². The molecule has 2 aromatic rings. The third-order valence-corrected chi connectivity index (χ3v) is 3.18. The van der Waals surface area contributed by atoms with Gasteiger partial charge in [-0.25, -0.2) is 4.98 Å². The first-order chi connectivity index (χ1) is 8.99. The molecule has 1 aromatic carbocycles. The molecular weight excluding hydrogens is 275 g/mol. The summed E-state index contributed by atoms with van der Waals surface area (Å²) in [5.41, 5.74) is -0.264. The van der Waals surface area contributed by atoms with E-state index in [1.807, 2.05) is 0 Å². The van der Waals surface area contributed by atoms with E-state index in [4.69, 9.17) is 0 Å². The Balaban J connectivity index is 2.21. The molecule has 0 N–H and O–H groups in total. The number of halogens is 3. The van der Waals surface area contributed by atoms with E-state index in [0.717, 1.165) is 12.1 Å². The quantitative estimate of drug-likeness (QED) is 0.792. The van der Waals surface area contributed by atoms with Gasteiger partial charge in [-0.05, 0) is 23.8 Å². The van der Waals surface area contributed by atoms with Crippen molar-refractivity contribution in [2.24, 2.45) is 0 Å². The van der Waals surface area contributed by atoms with Gasteiger partial charge in [0, 0.05) is 6.20 Å². The summed E-state index contributed by atoms with van der Waals surface area (Å²) < 4.78 is 37.5. The van der Waals surface area contributed by atoms with Crippen LogP contribution in [-0.2, 0) is 6.18 Å². The largest absolute Gasteiger partial charge is 0.416 e. The Kier molecular flexibility index (Phi) is 3.80. The first kappa shape index (κ1) is 13.5. The Labute approximate surface area is 111 Å². The minimum atomic E-state index is -4.35. The lowest BCUT2D eigenvalue weighted by molar-refractivity contribution is -0.137.